The van der Waals surface area contributed by atoms with Crippen molar-refractivity contribution in [3.05, 3.63) is 22.7 Å². The zero-order valence-electron chi connectivity index (χ0n) is 14.6. The lowest BCUT2D eigenvalue weighted by atomic mass is 10.3. The zero-order valence-corrected chi connectivity index (χ0v) is 16.2. The Morgan fingerprint density at radius 1 is 1.23 bits per heavy atom. The molecule has 142 valence electrons. The molecule has 0 bridgehead atoms. The SMILES string of the molecule is COCCNC(=O)CN1CCN(Cc2nnc(-c3ccc(Br)o3)o2)CC1. The third kappa shape index (κ3) is 5.37. The zero-order chi connectivity index (χ0) is 18.4. The molecule has 0 atom stereocenters. The summed E-state index contributed by atoms with van der Waals surface area (Å²) in [4.78, 5) is 16.2. The Bertz CT molecular complexity index is 711. The van der Waals surface area contributed by atoms with Crippen molar-refractivity contribution in [1.82, 2.24) is 25.3 Å². The van der Waals surface area contributed by atoms with Gasteiger partial charge in [-0.05, 0) is 28.1 Å². The molecule has 2 aromatic rings. The molecule has 1 N–H and O–H groups in total. The van der Waals surface area contributed by atoms with Crippen LogP contribution in [-0.2, 0) is 16.1 Å². The lowest BCUT2D eigenvalue weighted by Gasteiger charge is -2.33. The molecule has 1 aliphatic rings. The van der Waals surface area contributed by atoms with Crippen molar-refractivity contribution in [2.75, 3.05) is 53.0 Å². The maximum absolute atomic E-state index is 11.8. The Balaban J connectivity index is 1.41. The van der Waals surface area contributed by atoms with E-state index in [4.69, 9.17) is 13.6 Å². The van der Waals surface area contributed by atoms with Gasteiger partial charge >= 0.3 is 0 Å². The number of hydrogen-bond acceptors (Lipinski definition) is 8. The number of halogens is 1. The summed E-state index contributed by atoms with van der Waals surface area (Å²) in [6.07, 6.45) is 0. The predicted molar refractivity (Wildman–Crippen MR) is 96.3 cm³/mol. The summed E-state index contributed by atoms with van der Waals surface area (Å²) in [5, 5.41) is 10.9. The molecule has 2 aromatic heterocycles. The van der Waals surface area contributed by atoms with Crippen molar-refractivity contribution in [3.8, 4) is 11.7 Å². The maximum atomic E-state index is 11.8. The van der Waals surface area contributed by atoms with Gasteiger partial charge in [-0.3, -0.25) is 14.6 Å². The third-order valence-electron chi connectivity index (χ3n) is 4.07. The van der Waals surface area contributed by atoms with E-state index in [0.29, 0.717) is 48.5 Å². The second kappa shape index (κ2) is 9.26. The number of aromatic nitrogens is 2. The average molecular weight is 428 g/mol. The summed E-state index contributed by atoms with van der Waals surface area (Å²) < 4.78 is 16.6. The maximum Gasteiger partial charge on any atom is 0.283 e. The van der Waals surface area contributed by atoms with Crippen LogP contribution in [0.2, 0.25) is 0 Å². The lowest BCUT2D eigenvalue weighted by Crippen LogP contribution is -2.49. The van der Waals surface area contributed by atoms with Crippen molar-refractivity contribution in [3.63, 3.8) is 0 Å². The van der Waals surface area contributed by atoms with Crippen LogP contribution in [0.1, 0.15) is 5.89 Å². The molecule has 1 saturated heterocycles. The van der Waals surface area contributed by atoms with Crippen LogP contribution in [-0.4, -0.2) is 78.9 Å². The van der Waals surface area contributed by atoms with Crippen molar-refractivity contribution in [2.24, 2.45) is 0 Å². The number of nitrogens with zero attached hydrogens (tertiary/aromatic N) is 4. The van der Waals surface area contributed by atoms with Crippen LogP contribution < -0.4 is 5.32 Å². The van der Waals surface area contributed by atoms with Crippen LogP contribution in [0.15, 0.2) is 25.6 Å². The number of hydrogen-bond donors (Lipinski definition) is 1. The largest absolute Gasteiger partial charge is 0.444 e. The van der Waals surface area contributed by atoms with Gasteiger partial charge in [-0.15, -0.1) is 10.2 Å². The molecule has 0 spiro atoms. The first-order valence-corrected chi connectivity index (χ1v) is 9.22. The monoisotopic (exact) mass is 427 g/mol. The summed E-state index contributed by atoms with van der Waals surface area (Å²) in [6, 6.07) is 3.56. The van der Waals surface area contributed by atoms with Crippen LogP contribution in [0.3, 0.4) is 0 Å². The quantitative estimate of drug-likeness (QED) is 0.622. The van der Waals surface area contributed by atoms with Crippen LogP contribution in [0, 0.1) is 0 Å². The Labute approximate surface area is 159 Å². The van der Waals surface area contributed by atoms with E-state index in [-0.39, 0.29) is 5.91 Å². The van der Waals surface area contributed by atoms with E-state index >= 15 is 0 Å². The van der Waals surface area contributed by atoms with E-state index in [9.17, 15) is 4.79 Å². The highest BCUT2D eigenvalue weighted by Gasteiger charge is 2.21. The van der Waals surface area contributed by atoms with Gasteiger partial charge in [-0.25, -0.2) is 0 Å². The fourth-order valence-corrected chi connectivity index (χ4v) is 3.00. The van der Waals surface area contributed by atoms with E-state index in [1.165, 1.54) is 0 Å². The summed E-state index contributed by atoms with van der Waals surface area (Å²) in [7, 11) is 1.62. The van der Waals surface area contributed by atoms with Gasteiger partial charge in [0.2, 0.25) is 11.8 Å². The summed E-state index contributed by atoms with van der Waals surface area (Å²) in [5.41, 5.74) is 0. The Morgan fingerprint density at radius 3 is 2.69 bits per heavy atom. The molecular weight excluding hydrogens is 406 g/mol. The smallest absolute Gasteiger partial charge is 0.283 e. The van der Waals surface area contributed by atoms with Crippen LogP contribution >= 0.6 is 15.9 Å². The van der Waals surface area contributed by atoms with Crippen LogP contribution in [0.5, 0.6) is 0 Å². The molecule has 1 fully saturated rings. The Hall–Kier alpha value is -1.75. The average Bonchev–Trinajstić information content (AvgIpc) is 3.26. The third-order valence-corrected chi connectivity index (χ3v) is 4.50. The summed E-state index contributed by atoms with van der Waals surface area (Å²) in [5.74, 6) is 1.50. The molecule has 0 saturated carbocycles. The first-order valence-electron chi connectivity index (χ1n) is 8.42. The van der Waals surface area contributed by atoms with Crippen molar-refractivity contribution in [1.29, 1.82) is 0 Å². The van der Waals surface area contributed by atoms with Gasteiger partial charge < -0.3 is 18.9 Å². The second-order valence-electron chi connectivity index (χ2n) is 6.00. The van der Waals surface area contributed by atoms with Gasteiger partial charge in [0.15, 0.2) is 10.4 Å². The molecule has 3 heterocycles. The number of ether oxygens (including phenoxy) is 1. The number of rotatable bonds is 8. The summed E-state index contributed by atoms with van der Waals surface area (Å²) >= 11 is 3.25. The van der Waals surface area contributed by atoms with Crippen LogP contribution in [0.4, 0.5) is 0 Å². The lowest BCUT2D eigenvalue weighted by molar-refractivity contribution is -0.122. The van der Waals surface area contributed by atoms with E-state index in [2.05, 4.69) is 41.2 Å². The first-order chi connectivity index (χ1) is 12.6. The van der Waals surface area contributed by atoms with E-state index < -0.39 is 0 Å². The van der Waals surface area contributed by atoms with Gasteiger partial charge in [0.05, 0.1) is 19.7 Å². The topological polar surface area (TPSA) is 96.9 Å². The number of amides is 1. The minimum atomic E-state index is 0.0293. The molecule has 0 unspecified atom stereocenters. The number of furan rings is 1. The minimum Gasteiger partial charge on any atom is -0.444 e. The van der Waals surface area contributed by atoms with Gasteiger partial charge in [0, 0.05) is 39.8 Å². The number of nitrogens with one attached hydrogen (secondary N) is 1. The van der Waals surface area contributed by atoms with Crippen LogP contribution in [0.25, 0.3) is 11.7 Å². The van der Waals surface area contributed by atoms with E-state index in [1.807, 2.05) is 0 Å². The van der Waals surface area contributed by atoms with E-state index in [1.54, 1.807) is 19.2 Å². The Morgan fingerprint density at radius 2 is 2.00 bits per heavy atom. The fourth-order valence-electron chi connectivity index (χ4n) is 2.69. The van der Waals surface area contributed by atoms with Crippen molar-refractivity contribution >= 4 is 21.8 Å². The molecule has 3 rings (SSSR count). The number of carbonyl (C=O) groups excluding carboxylic acids is 1. The van der Waals surface area contributed by atoms with Gasteiger partial charge in [0.1, 0.15) is 0 Å². The normalized spacial score (nSPS) is 16.1. The summed E-state index contributed by atoms with van der Waals surface area (Å²) in [6.45, 7) is 5.40. The molecule has 1 aliphatic heterocycles. The second-order valence-corrected chi connectivity index (χ2v) is 6.78. The molecule has 26 heavy (non-hydrogen) atoms. The van der Waals surface area contributed by atoms with Crippen molar-refractivity contribution < 1.29 is 18.4 Å². The highest BCUT2D eigenvalue weighted by atomic mass is 79.9. The molecular formula is C16H22BrN5O4. The van der Waals surface area contributed by atoms with E-state index in [0.717, 1.165) is 26.2 Å². The first kappa shape index (κ1) is 19.0. The fraction of sp³-hybridized carbons (Fsp3) is 0.562. The number of piperazine rings is 1. The molecule has 0 aliphatic carbocycles. The predicted octanol–water partition coefficient (Wildman–Crippen LogP) is 0.972. The molecule has 0 radical (unpaired) electrons. The Kier molecular flexibility index (Phi) is 6.78. The molecule has 1 amide bonds. The molecule has 0 aromatic carbocycles. The van der Waals surface area contributed by atoms with Gasteiger partial charge in [-0.2, -0.15) is 0 Å². The van der Waals surface area contributed by atoms with Gasteiger partial charge in [0.25, 0.3) is 5.89 Å². The molecule has 9 nitrogen and oxygen atoms in total. The number of methoxy groups -OCH3 is 1. The number of carbonyl (C=O) groups is 1. The van der Waals surface area contributed by atoms with Gasteiger partial charge in [-0.1, -0.05) is 0 Å². The van der Waals surface area contributed by atoms with Crippen molar-refractivity contribution in [2.45, 2.75) is 6.54 Å². The minimum absolute atomic E-state index is 0.0293. The highest BCUT2D eigenvalue weighted by Crippen LogP contribution is 2.24. The molecule has 10 heteroatoms. The standard InChI is InChI=1S/C16H22BrN5O4/c1-24-9-4-18-14(23)10-21-5-7-22(8-6-21)11-15-19-20-16(26-15)12-2-3-13(17)25-12/h2-3H,4-11H2,1H3,(H,18,23). The highest BCUT2D eigenvalue weighted by molar-refractivity contribution is 9.10.